The molecule has 0 bridgehead atoms. The van der Waals surface area contributed by atoms with Crippen molar-refractivity contribution in [3.05, 3.63) is 59.2 Å². The number of aryl methyl sites for hydroxylation is 2. The molecule has 2 aromatic carbocycles. The number of ether oxygens (including phenoxy) is 1. The second kappa shape index (κ2) is 8.04. The number of benzene rings is 2. The minimum atomic E-state index is -1.02. The summed E-state index contributed by atoms with van der Waals surface area (Å²) in [5.41, 5.74) is 4.58. The monoisotopic (exact) mass is 353 g/mol. The van der Waals surface area contributed by atoms with Crippen molar-refractivity contribution in [3.63, 3.8) is 0 Å². The molecule has 0 aromatic heterocycles. The van der Waals surface area contributed by atoms with Crippen LogP contribution in [0.4, 0.5) is 5.69 Å². The van der Waals surface area contributed by atoms with Gasteiger partial charge in [0.05, 0.1) is 6.42 Å². The first kappa shape index (κ1) is 18.0. The van der Waals surface area contributed by atoms with Gasteiger partial charge in [-0.25, -0.2) is 4.79 Å². The van der Waals surface area contributed by atoms with Gasteiger partial charge in [0.1, 0.15) is 5.75 Å². The number of carbonyl (C=O) groups is 2. The molecule has 0 unspecified atom stereocenters. The van der Waals surface area contributed by atoms with Crippen LogP contribution in [-0.4, -0.2) is 30.6 Å². The van der Waals surface area contributed by atoms with E-state index < -0.39 is 5.97 Å². The Morgan fingerprint density at radius 2 is 1.73 bits per heavy atom. The van der Waals surface area contributed by atoms with Crippen LogP contribution in [0.2, 0.25) is 0 Å². The number of likely N-dealkylation sites (N-methyl/N-ethyl adjacent to an activating group) is 1. The number of aliphatic carboxylic acids is 1. The molecule has 0 atom stereocenters. The van der Waals surface area contributed by atoms with E-state index in [1.165, 1.54) is 24.0 Å². The maximum atomic E-state index is 12.6. The molecule has 3 rings (SSSR count). The molecule has 1 N–H and O–H groups in total. The van der Waals surface area contributed by atoms with Crippen molar-refractivity contribution in [2.24, 2.45) is 0 Å². The zero-order valence-corrected chi connectivity index (χ0v) is 14.9. The first-order valence-electron chi connectivity index (χ1n) is 8.85. The highest BCUT2D eigenvalue weighted by Crippen LogP contribution is 2.23. The first-order chi connectivity index (χ1) is 12.5. The Morgan fingerprint density at radius 3 is 2.42 bits per heavy atom. The summed E-state index contributed by atoms with van der Waals surface area (Å²) in [5.74, 6) is -0.543. The molecule has 5 nitrogen and oxygen atoms in total. The molecule has 0 radical (unpaired) electrons. The summed E-state index contributed by atoms with van der Waals surface area (Å²) < 4.78 is 5.11. The normalized spacial score (nSPS) is 13.0. The molecular formula is C21H23NO4. The quantitative estimate of drug-likeness (QED) is 0.866. The number of carboxylic acid groups (broad SMARTS) is 1. The number of hydrogen-bond donors (Lipinski definition) is 1. The Bertz CT molecular complexity index is 798. The SMILES string of the molecule is CN(C(=O)Cc1ccc2c(c1)CCCC2)c1ccc(OCC(=O)O)cc1. The molecule has 136 valence electrons. The highest BCUT2D eigenvalue weighted by atomic mass is 16.5. The van der Waals surface area contributed by atoms with E-state index in [2.05, 4.69) is 18.2 Å². The molecule has 1 aliphatic carbocycles. The van der Waals surface area contributed by atoms with Crippen molar-refractivity contribution in [3.8, 4) is 5.75 Å². The molecular weight excluding hydrogens is 330 g/mol. The highest BCUT2D eigenvalue weighted by molar-refractivity contribution is 5.94. The summed E-state index contributed by atoms with van der Waals surface area (Å²) >= 11 is 0. The van der Waals surface area contributed by atoms with E-state index in [9.17, 15) is 9.59 Å². The lowest BCUT2D eigenvalue weighted by Gasteiger charge is -2.19. The number of rotatable bonds is 6. The van der Waals surface area contributed by atoms with Crippen molar-refractivity contribution in [2.75, 3.05) is 18.6 Å². The lowest BCUT2D eigenvalue weighted by molar-refractivity contribution is -0.139. The van der Waals surface area contributed by atoms with Crippen LogP contribution < -0.4 is 9.64 Å². The Kier molecular flexibility index (Phi) is 5.56. The van der Waals surface area contributed by atoms with Crippen LogP contribution in [0.5, 0.6) is 5.75 Å². The lowest BCUT2D eigenvalue weighted by atomic mass is 9.90. The van der Waals surface area contributed by atoms with E-state index in [-0.39, 0.29) is 12.5 Å². The van der Waals surface area contributed by atoms with Crippen LogP contribution in [-0.2, 0) is 28.9 Å². The lowest BCUT2D eigenvalue weighted by Crippen LogP contribution is -2.27. The van der Waals surface area contributed by atoms with Crippen molar-refractivity contribution in [1.82, 2.24) is 0 Å². The molecule has 0 saturated heterocycles. The van der Waals surface area contributed by atoms with Crippen molar-refractivity contribution >= 4 is 17.6 Å². The second-order valence-electron chi connectivity index (χ2n) is 6.62. The zero-order chi connectivity index (χ0) is 18.5. The van der Waals surface area contributed by atoms with Gasteiger partial charge in [0.15, 0.2) is 6.61 Å². The maximum absolute atomic E-state index is 12.6. The summed E-state index contributed by atoms with van der Waals surface area (Å²) in [4.78, 5) is 24.7. The Morgan fingerprint density at radius 1 is 1.04 bits per heavy atom. The van der Waals surface area contributed by atoms with Crippen LogP contribution in [0, 0.1) is 0 Å². The van der Waals surface area contributed by atoms with Gasteiger partial charge < -0.3 is 14.7 Å². The van der Waals surface area contributed by atoms with Crippen molar-refractivity contribution in [1.29, 1.82) is 0 Å². The third kappa shape index (κ3) is 4.42. The van der Waals surface area contributed by atoms with Gasteiger partial charge in [0.2, 0.25) is 5.91 Å². The van der Waals surface area contributed by atoms with E-state index in [0.717, 1.165) is 24.1 Å². The van der Waals surface area contributed by atoms with E-state index in [1.54, 1.807) is 36.2 Å². The number of hydrogen-bond acceptors (Lipinski definition) is 3. The minimum absolute atomic E-state index is 0.0139. The number of carbonyl (C=O) groups excluding carboxylic acids is 1. The molecule has 26 heavy (non-hydrogen) atoms. The molecule has 2 aromatic rings. The van der Waals surface area contributed by atoms with Gasteiger partial charge in [-0.2, -0.15) is 0 Å². The first-order valence-corrected chi connectivity index (χ1v) is 8.85. The fourth-order valence-corrected chi connectivity index (χ4v) is 3.24. The summed E-state index contributed by atoms with van der Waals surface area (Å²) in [6.45, 7) is -0.382. The zero-order valence-electron chi connectivity index (χ0n) is 14.9. The fourth-order valence-electron chi connectivity index (χ4n) is 3.24. The third-order valence-corrected chi connectivity index (χ3v) is 4.73. The number of fused-ring (bicyclic) bond motifs is 1. The average Bonchev–Trinajstić information content (AvgIpc) is 2.66. The van der Waals surface area contributed by atoms with Crippen molar-refractivity contribution in [2.45, 2.75) is 32.1 Å². The predicted octanol–water partition coefficient (Wildman–Crippen LogP) is 3.23. The Labute approximate surface area is 153 Å². The molecule has 0 spiro atoms. The van der Waals surface area contributed by atoms with Crippen molar-refractivity contribution < 1.29 is 19.4 Å². The van der Waals surface area contributed by atoms with E-state index in [4.69, 9.17) is 9.84 Å². The van der Waals surface area contributed by atoms with E-state index in [0.29, 0.717) is 12.2 Å². The molecule has 0 saturated carbocycles. The maximum Gasteiger partial charge on any atom is 0.341 e. The van der Waals surface area contributed by atoms with E-state index >= 15 is 0 Å². The molecule has 5 heteroatoms. The molecule has 0 fully saturated rings. The van der Waals surface area contributed by atoms with Crippen LogP contribution in [0.15, 0.2) is 42.5 Å². The molecule has 0 aliphatic heterocycles. The van der Waals surface area contributed by atoms with Crippen LogP contribution in [0.3, 0.4) is 0 Å². The molecule has 1 aliphatic rings. The largest absolute Gasteiger partial charge is 0.482 e. The van der Waals surface area contributed by atoms with Gasteiger partial charge in [-0.15, -0.1) is 0 Å². The third-order valence-electron chi connectivity index (χ3n) is 4.73. The summed E-state index contributed by atoms with van der Waals surface area (Å²) in [7, 11) is 1.74. The number of nitrogens with zero attached hydrogens (tertiary/aromatic N) is 1. The number of anilines is 1. The van der Waals surface area contributed by atoms with Crippen LogP contribution in [0.1, 0.15) is 29.5 Å². The Balaban J connectivity index is 1.63. The highest BCUT2D eigenvalue weighted by Gasteiger charge is 2.14. The summed E-state index contributed by atoms with van der Waals surface area (Å²) in [6, 6.07) is 13.2. The second-order valence-corrected chi connectivity index (χ2v) is 6.62. The van der Waals surface area contributed by atoms with Gasteiger partial charge in [0.25, 0.3) is 0 Å². The smallest absolute Gasteiger partial charge is 0.341 e. The van der Waals surface area contributed by atoms with E-state index in [1.807, 2.05) is 0 Å². The summed E-state index contributed by atoms with van der Waals surface area (Å²) in [6.07, 6.45) is 5.08. The minimum Gasteiger partial charge on any atom is -0.482 e. The van der Waals surface area contributed by atoms with Crippen LogP contribution >= 0.6 is 0 Å². The van der Waals surface area contributed by atoms with Crippen LogP contribution in [0.25, 0.3) is 0 Å². The predicted molar refractivity (Wildman–Crippen MR) is 99.8 cm³/mol. The standard InChI is InChI=1S/C21H23NO4/c1-22(18-8-10-19(11-9-18)26-14-21(24)25)20(23)13-15-6-7-16-4-2-3-5-17(16)12-15/h6-12H,2-5,13-14H2,1H3,(H,24,25). The number of amides is 1. The topological polar surface area (TPSA) is 66.8 Å². The molecule has 1 amide bonds. The van der Waals surface area contributed by atoms with Gasteiger partial charge in [-0.1, -0.05) is 18.2 Å². The van der Waals surface area contributed by atoms with Gasteiger partial charge in [-0.05, 0) is 66.6 Å². The van der Waals surface area contributed by atoms with Gasteiger partial charge >= 0.3 is 5.97 Å². The Hall–Kier alpha value is -2.82. The average molecular weight is 353 g/mol. The molecule has 0 heterocycles. The fraction of sp³-hybridized carbons (Fsp3) is 0.333. The number of carboxylic acids is 1. The van der Waals surface area contributed by atoms with Gasteiger partial charge in [0, 0.05) is 12.7 Å². The summed E-state index contributed by atoms with van der Waals surface area (Å²) in [5, 5.41) is 8.63. The van der Waals surface area contributed by atoms with Gasteiger partial charge in [-0.3, -0.25) is 4.79 Å².